The van der Waals surface area contributed by atoms with E-state index in [2.05, 4.69) is 31.2 Å². The Morgan fingerprint density at radius 3 is 1.94 bits per heavy atom. The van der Waals surface area contributed by atoms with Crippen molar-refractivity contribution in [1.29, 1.82) is 0 Å². The van der Waals surface area contributed by atoms with Gasteiger partial charge in [0, 0.05) is 0 Å². The first-order chi connectivity index (χ1) is 8.73. The maximum atomic E-state index is 11.4. The van der Waals surface area contributed by atoms with Crippen LogP contribution in [0.4, 0.5) is 0 Å². The Labute approximate surface area is 107 Å². The molecular formula is C17H18O. The van der Waals surface area contributed by atoms with Crippen molar-refractivity contribution >= 4 is 0 Å². The van der Waals surface area contributed by atoms with Gasteiger partial charge < -0.3 is 5.11 Å². The Hall–Kier alpha value is -0.820. The molecule has 6 saturated carbocycles. The molecule has 6 aliphatic rings. The van der Waals surface area contributed by atoms with E-state index in [1.165, 1.54) is 17.5 Å². The maximum Gasteiger partial charge on any atom is 0.0963 e. The van der Waals surface area contributed by atoms with Crippen molar-refractivity contribution in [3.8, 4) is 0 Å². The normalized spacial score (nSPS) is 64.1. The summed E-state index contributed by atoms with van der Waals surface area (Å²) >= 11 is 0. The van der Waals surface area contributed by atoms with Crippen LogP contribution in [-0.2, 0) is 5.60 Å². The van der Waals surface area contributed by atoms with E-state index in [0.717, 1.165) is 35.5 Å². The number of hydrogen-bond acceptors (Lipinski definition) is 1. The maximum absolute atomic E-state index is 11.4. The molecule has 18 heavy (non-hydrogen) atoms. The summed E-state index contributed by atoms with van der Waals surface area (Å²) in [6.45, 7) is 2.13. The van der Waals surface area contributed by atoms with E-state index >= 15 is 0 Å². The van der Waals surface area contributed by atoms with Gasteiger partial charge in [-0.1, -0.05) is 29.8 Å². The molecule has 6 fully saturated rings. The highest BCUT2D eigenvalue weighted by molar-refractivity contribution is 5.43. The van der Waals surface area contributed by atoms with Gasteiger partial charge in [-0.05, 0) is 66.3 Å². The van der Waals surface area contributed by atoms with Gasteiger partial charge in [-0.25, -0.2) is 0 Å². The lowest BCUT2D eigenvalue weighted by Gasteiger charge is -2.58. The Balaban J connectivity index is 1.54. The molecular weight excluding hydrogens is 220 g/mol. The molecule has 0 heterocycles. The predicted molar refractivity (Wildman–Crippen MR) is 67.6 cm³/mol. The Morgan fingerprint density at radius 1 is 0.944 bits per heavy atom. The van der Waals surface area contributed by atoms with Crippen LogP contribution in [-0.4, -0.2) is 5.11 Å². The quantitative estimate of drug-likeness (QED) is 0.797. The SMILES string of the molecule is Cc1ccc(C2(O)C3[C@H]4C5CC6[C@@H]4C2[C@H]6[C@H]53)cc1. The minimum absolute atomic E-state index is 0.439. The topological polar surface area (TPSA) is 20.2 Å². The molecule has 0 saturated heterocycles. The van der Waals surface area contributed by atoms with Crippen molar-refractivity contribution in [2.45, 2.75) is 18.9 Å². The predicted octanol–water partition coefficient (Wildman–Crippen LogP) is 2.57. The zero-order chi connectivity index (χ0) is 11.8. The second-order valence-corrected chi connectivity index (χ2v) is 7.62. The summed E-state index contributed by atoms with van der Waals surface area (Å²) in [5, 5.41) is 11.4. The van der Waals surface area contributed by atoms with Gasteiger partial charge in [-0.3, -0.25) is 0 Å². The zero-order valence-corrected chi connectivity index (χ0v) is 10.6. The summed E-state index contributed by atoms with van der Waals surface area (Å²) in [5.74, 6) is 6.91. The molecule has 0 aliphatic heterocycles. The summed E-state index contributed by atoms with van der Waals surface area (Å²) < 4.78 is 0. The van der Waals surface area contributed by atoms with E-state index in [1.807, 2.05) is 0 Å². The van der Waals surface area contributed by atoms with Crippen LogP contribution in [0.5, 0.6) is 0 Å². The molecule has 1 aromatic carbocycles. The van der Waals surface area contributed by atoms with Crippen molar-refractivity contribution in [3.63, 3.8) is 0 Å². The fraction of sp³-hybridized carbons (Fsp3) is 0.647. The first-order valence-corrected chi connectivity index (χ1v) is 7.52. The third-order valence-electron chi connectivity index (χ3n) is 7.60. The van der Waals surface area contributed by atoms with Gasteiger partial charge in [0.2, 0.25) is 0 Å². The van der Waals surface area contributed by atoms with Crippen LogP contribution in [0.25, 0.3) is 0 Å². The van der Waals surface area contributed by atoms with E-state index < -0.39 is 5.60 Å². The van der Waals surface area contributed by atoms with Crippen molar-refractivity contribution in [1.82, 2.24) is 0 Å². The minimum atomic E-state index is -0.439. The van der Waals surface area contributed by atoms with Gasteiger partial charge in [0.25, 0.3) is 0 Å². The van der Waals surface area contributed by atoms with Gasteiger partial charge in [-0.2, -0.15) is 0 Å². The van der Waals surface area contributed by atoms with Gasteiger partial charge in [0.05, 0.1) is 5.60 Å². The second-order valence-electron chi connectivity index (χ2n) is 7.62. The van der Waals surface area contributed by atoms with Crippen LogP contribution in [0, 0.1) is 54.3 Å². The molecule has 4 bridgehead atoms. The second kappa shape index (κ2) is 2.31. The van der Waals surface area contributed by atoms with Crippen molar-refractivity contribution in [2.75, 3.05) is 0 Å². The van der Waals surface area contributed by atoms with Crippen LogP contribution < -0.4 is 0 Å². The number of rotatable bonds is 1. The largest absolute Gasteiger partial charge is 0.385 e. The van der Waals surface area contributed by atoms with Crippen LogP contribution >= 0.6 is 0 Å². The number of aliphatic hydroxyl groups is 1. The first kappa shape index (κ1) is 9.14. The third kappa shape index (κ3) is 0.602. The average molecular weight is 238 g/mol. The van der Waals surface area contributed by atoms with Gasteiger partial charge in [0.1, 0.15) is 0 Å². The fourth-order valence-corrected chi connectivity index (χ4v) is 7.44. The lowest BCUT2D eigenvalue weighted by Crippen LogP contribution is -2.56. The summed E-state index contributed by atoms with van der Waals surface area (Å²) in [7, 11) is 0. The monoisotopic (exact) mass is 238 g/mol. The molecule has 0 radical (unpaired) electrons. The highest BCUT2D eigenvalue weighted by atomic mass is 16.3. The number of hydrogen-bond donors (Lipinski definition) is 1. The van der Waals surface area contributed by atoms with E-state index in [-0.39, 0.29) is 0 Å². The smallest absolute Gasteiger partial charge is 0.0963 e. The van der Waals surface area contributed by atoms with Gasteiger partial charge in [0.15, 0.2) is 0 Å². The average Bonchev–Trinajstić information content (AvgIpc) is 2.86. The molecule has 7 rings (SSSR count). The summed E-state index contributed by atoms with van der Waals surface area (Å²) in [6, 6.07) is 8.72. The summed E-state index contributed by atoms with van der Waals surface area (Å²) in [6.07, 6.45) is 1.52. The molecule has 92 valence electrons. The summed E-state index contributed by atoms with van der Waals surface area (Å²) in [5.41, 5.74) is 2.08. The molecule has 5 unspecified atom stereocenters. The number of benzene rings is 1. The van der Waals surface area contributed by atoms with Crippen molar-refractivity contribution < 1.29 is 5.11 Å². The Morgan fingerprint density at radius 2 is 1.44 bits per heavy atom. The molecule has 0 aromatic heterocycles. The van der Waals surface area contributed by atoms with Crippen LogP contribution in [0.1, 0.15) is 17.5 Å². The zero-order valence-electron chi connectivity index (χ0n) is 10.6. The van der Waals surface area contributed by atoms with Crippen molar-refractivity contribution in [3.05, 3.63) is 35.4 Å². The number of aryl methyl sites for hydroxylation is 1. The molecule has 1 heteroatoms. The van der Waals surface area contributed by atoms with Gasteiger partial charge >= 0.3 is 0 Å². The molecule has 0 spiro atoms. The van der Waals surface area contributed by atoms with E-state index in [0.29, 0.717) is 11.8 Å². The summed E-state index contributed by atoms with van der Waals surface area (Å²) in [4.78, 5) is 0. The molecule has 1 nitrogen and oxygen atoms in total. The van der Waals surface area contributed by atoms with Crippen LogP contribution in [0.15, 0.2) is 24.3 Å². The molecule has 9 atom stereocenters. The van der Waals surface area contributed by atoms with E-state index in [1.54, 1.807) is 0 Å². The lowest BCUT2D eigenvalue weighted by molar-refractivity contribution is -0.127. The molecule has 1 N–H and O–H groups in total. The molecule has 1 aromatic rings. The highest BCUT2D eigenvalue weighted by Crippen LogP contribution is 2.92. The fourth-order valence-electron chi connectivity index (χ4n) is 7.44. The van der Waals surface area contributed by atoms with E-state index in [9.17, 15) is 5.11 Å². The van der Waals surface area contributed by atoms with E-state index in [4.69, 9.17) is 0 Å². The third-order valence-corrected chi connectivity index (χ3v) is 7.60. The van der Waals surface area contributed by atoms with Crippen molar-refractivity contribution in [2.24, 2.45) is 47.3 Å². The molecule has 6 aliphatic carbocycles. The minimum Gasteiger partial charge on any atom is -0.385 e. The lowest BCUT2D eigenvalue weighted by atomic mass is 9.45. The van der Waals surface area contributed by atoms with Crippen LogP contribution in [0.3, 0.4) is 0 Å². The Kier molecular flexibility index (Phi) is 1.17. The highest BCUT2D eigenvalue weighted by Gasteiger charge is 2.90. The van der Waals surface area contributed by atoms with Gasteiger partial charge in [-0.15, -0.1) is 0 Å². The molecule has 0 amide bonds. The Bertz CT molecular complexity index is 528. The standard InChI is InChI=1S/C17H18O/c1-7-2-4-8(5-3-7)17(18)15-11-9-6-10-13(11)16(17)14(10)12(9)15/h2-5,9-16,18H,6H2,1H3/t9?,10?,11-,12-,13-,14+,15?,16?,17?/m0/s1. The van der Waals surface area contributed by atoms with Crippen LogP contribution in [0.2, 0.25) is 0 Å². The first-order valence-electron chi connectivity index (χ1n) is 7.52.